The minimum atomic E-state index is 0.140. The van der Waals surface area contributed by atoms with Gasteiger partial charge in [-0.2, -0.15) is 0 Å². The van der Waals surface area contributed by atoms with E-state index in [0.29, 0.717) is 0 Å². The second-order valence-electron chi connectivity index (χ2n) is 4.84. The highest BCUT2D eigenvalue weighted by Gasteiger charge is 2.16. The molecule has 2 heteroatoms. The molecule has 1 radical (unpaired) electrons. The first-order valence-corrected chi connectivity index (χ1v) is 6.44. The van der Waals surface area contributed by atoms with Crippen molar-refractivity contribution in [3.63, 3.8) is 0 Å². The average Bonchev–Trinajstić information content (AvgIpc) is 2.25. The van der Waals surface area contributed by atoms with E-state index in [-0.39, 0.29) is 12.1 Å². The number of hydrogen-bond acceptors (Lipinski definition) is 2. The Hall–Kier alpha value is -0.0800. The van der Waals surface area contributed by atoms with Crippen molar-refractivity contribution in [2.75, 3.05) is 6.61 Å². The van der Waals surface area contributed by atoms with E-state index < -0.39 is 0 Å². The third-order valence-electron chi connectivity index (χ3n) is 3.19. The van der Waals surface area contributed by atoms with Gasteiger partial charge in [0, 0.05) is 19.1 Å². The topological polar surface area (TPSA) is 35.2 Å². The molecule has 15 heavy (non-hydrogen) atoms. The smallest absolute Gasteiger partial charge is 0.0619 e. The van der Waals surface area contributed by atoms with Crippen LogP contribution in [0.2, 0.25) is 0 Å². The lowest BCUT2D eigenvalue weighted by Crippen LogP contribution is -2.27. The minimum Gasteiger partial charge on any atom is -0.378 e. The van der Waals surface area contributed by atoms with Gasteiger partial charge in [0.05, 0.1) is 6.10 Å². The number of nitrogens with two attached hydrogens (primary N) is 1. The fourth-order valence-electron chi connectivity index (χ4n) is 2.26. The van der Waals surface area contributed by atoms with Crippen LogP contribution >= 0.6 is 0 Å². The molecule has 2 nitrogen and oxygen atoms in total. The largest absolute Gasteiger partial charge is 0.378 e. The maximum absolute atomic E-state index is 5.91. The predicted octanol–water partition coefficient (Wildman–Crippen LogP) is 2.91. The van der Waals surface area contributed by atoms with Gasteiger partial charge in [-0.1, -0.05) is 26.2 Å². The lowest BCUT2D eigenvalue weighted by molar-refractivity contribution is 0.0339. The number of rotatable bonds is 6. The van der Waals surface area contributed by atoms with E-state index >= 15 is 0 Å². The average molecular weight is 212 g/mol. The summed E-state index contributed by atoms with van der Waals surface area (Å²) >= 11 is 0. The van der Waals surface area contributed by atoms with Crippen molar-refractivity contribution in [1.82, 2.24) is 0 Å². The van der Waals surface area contributed by atoms with Crippen LogP contribution in [0.1, 0.15) is 52.4 Å². The molecule has 1 rings (SSSR count). The van der Waals surface area contributed by atoms with Gasteiger partial charge in [0.15, 0.2) is 0 Å². The van der Waals surface area contributed by atoms with Crippen molar-refractivity contribution < 1.29 is 4.74 Å². The van der Waals surface area contributed by atoms with Crippen LogP contribution in [0.15, 0.2) is 0 Å². The Kier molecular flexibility index (Phi) is 6.26. The summed E-state index contributed by atoms with van der Waals surface area (Å²) < 4.78 is 5.91. The van der Waals surface area contributed by atoms with Gasteiger partial charge in [-0.3, -0.25) is 0 Å². The van der Waals surface area contributed by atoms with E-state index in [9.17, 15) is 0 Å². The first-order chi connectivity index (χ1) is 7.22. The van der Waals surface area contributed by atoms with Gasteiger partial charge in [-0.25, -0.2) is 0 Å². The molecule has 1 aliphatic carbocycles. The van der Waals surface area contributed by atoms with Gasteiger partial charge in [-0.15, -0.1) is 0 Å². The Morgan fingerprint density at radius 1 is 1.33 bits per heavy atom. The molecule has 0 aliphatic heterocycles. The molecule has 2 atom stereocenters. The molecule has 0 aromatic carbocycles. The van der Waals surface area contributed by atoms with E-state index in [1.807, 2.05) is 6.92 Å². The lowest BCUT2D eigenvalue weighted by Gasteiger charge is -2.25. The van der Waals surface area contributed by atoms with Crippen LogP contribution in [-0.4, -0.2) is 18.8 Å². The Morgan fingerprint density at radius 3 is 2.53 bits per heavy atom. The molecule has 0 bridgehead atoms. The highest BCUT2D eigenvalue weighted by atomic mass is 16.5. The van der Waals surface area contributed by atoms with Crippen LogP contribution in [-0.2, 0) is 4.74 Å². The number of ether oxygens (including phenoxy) is 1. The Labute approximate surface area is 94.6 Å². The molecular weight excluding hydrogens is 186 g/mol. The van der Waals surface area contributed by atoms with Crippen molar-refractivity contribution in [2.24, 2.45) is 11.7 Å². The SMILES string of the molecule is CCC([CH]C(C)N)OCC1CCCCC1. The minimum absolute atomic E-state index is 0.140. The van der Waals surface area contributed by atoms with Gasteiger partial charge in [0.25, 0.3) is 0 Å². The molecule has 1 fully saturated rings. The first kappa shape index (κ1) is 13.0. The summed E-state index contributed by atoms with van der Waals surface area (Å²) in [6, 6.07) is 0.140. The van der Waals surface area contributed by atoms with E-state index in [4.69, 9.17) is 10.5 Å². The summed E-state index contributed by atoms with van der Waals surface area (Å²) in [7, 11) is 0. The summed E-state index contributed by atoms with van der Waals surface area (Å²) in [6.07, 6.45) is 10.3. The second-order valence-corrected chi connectivity index (χ2v) is 4.84. The summed E-state index contributed by atoms with van der Waals surface area (Å²) in [5.41, 5.74) is 5.74. The third-order valence-corrected chi connectivity index (χ3v) is 3.19. The molecule has 0 aromatic rings. The van der Waals surface area contributed by atoms with Crippen molar-refractivity contribution >= 4 is 0 Å². The Bertz CT molecular complexity index is 153. The van der Waals surface area contributed by atoms with Crippen LogP contribution in [0.5, 0.6) is 0 Å². The Balaban J connectivity index is 2.14. The molecule has 0 spiro atoms. The van der Waals surface area contributed by atoms with Crippen LogP contribution in [0.4, 0.5) is 0 Å². The van der Waals surface area contributed by atoms with Crippen molar-refractivity contribution in [2.45, 2.75) is 64.5 Å². The third kappa shape index (κ3) is 5.53. The van der Waals surface area contributed by atoms with Gasteiger partial charge in [0.2, 0.25) is 0 Å². The summed E-state index contributed by atoms with van der Waals surface area (Å²) in [4.78, 5) is 0. The molecular formula is C13H26NO. The highest BCUT2D eigenvalue weighted by Crippen LogP contribution is 2.24. The zero-order valence-corrected chi connectivity index (χ0v) is 10.2. The van der Waals surface area contributed by atoms with E-state index in [2.05, 4.69) is 13.3 Å². The van der Waals surface area contributed by atoms with E-state index in [0.717, 1.165) is 18.9 Å². The van der Waals surface area contributed by atoms with Crippen LogP contribution < -0.4 is 5.73 Å². The lowest BCUT2D eigenvalue weighted by atomic mass is 9.90. The Morgan fingerprint density at radius 2 is 2.00 bits per heavy atom. The van der Waals surface area contributed by atoms with Crippen LogP contribution in [0.3, 0.4) is 0 Å². The molecule has 89 valence electrons. The summed E-state index contributed by atoms with van der Waals surface area (Å²) in [5.74, 6) is 0.800. The highest BCUT2D eigenvalue weighted by molar-refractivity contribution is 4.84. The van der Waals surface area contributed by atoms with Gasteiger partial charge in [-0.05, 0) is 32.1 Å². The standard InChI is InChI=1S/C13H26NO/c1-3-13(9-11(2)14)15-10-12-7-5-4-6-8-12/h9,11-13H,3-8,10,14H2,1-2H3. The van der Waals surface area contributed by atoms with Gasteiger partial charge < -0.3 is 10.5 Å². The molecule has 1 saturated carbocycles. The van der Waals surface area contributed by atoms with E-state index in [1.165, 1.54) is 32.1 Å². The summed E-state index contributed by atoms with van der Waals surface area (Å²) in [6.45, 7) is 5.10. The predicted molar refractivity (Wildman–Crippen MR) is 64.6 cm³/mol. The zero-order chi connectivity index (χ0) is 11.1. The molecule has 1 aliphatic rings. The molecule has 0 heterocycles. The fraction of sp³-hybridized carbons (Fsp3) is 0.923. The van der Waals surface area contributed by atoms with E-state index in [1.54, 1.807) is 0 Å². The monoisotopic (exact) mass is 212 g/mol. The fourth-order valence-corrected chi connectivity index (χ4v) is 2.26. The first-order valence-electron chi connectivity index (χ1n) is 6.44. The summed E-state index contributed by atoms with van der Waals surface area (Å²) in [5, 5.41) is 0. The van der Waals surface area contributed by atoms with Crippen molar-refractivity contribution in [3.05, 3.63) is 6.42 Å². The zero-order valence-electron chi connectivity index (χ0n) is 10.2. The maximum atomic E-state index is 5.91. The maximum Gasteiger partial charge on any atom is 0.0619 e. The van der Waals surface area contributed by atoms with Crippen molar-refractivity contribution in [1.29, 1.82) is 0 Å². The molecule has 2 N–H and O–H groups in total. The van der Waals surface area contributed by atoms with Crippen LogP contribution in [0, 0.1) is 12.3 Å². The molecule has 0 aromatic heterocycles. The van der Waals surface area contributed by atoms with Crippen LogP contribution in [0.25, 0.3) is 0 Å². The van der Waals surface area contributed by atoms with Gasteiger partial charge in [0.1, 0.15) is 0 Å². The number of hydrogen-bond donors (Lipinski definition) is 1. The molecule has 0 amide bonds. The second kappa shape index (κ2) is 7.24. The normalized spacial score (nSPS) is 22.6. The van der Waals surface area contributed by atoms with Gasteiger partial charge >= 0.3 is 0 Å². The molecule has 2 unspecified atom stereocenters. The molecule has 0 saturated heterocycles. The van der Waals surface area contributed by atoms with Crippen molar-refractivity contribution in [3.8, 4) is 0 Å². The quantitative estimate of drug-likeness (QED) is 0.734.